The first-order chi connectivity index (χ1) is 13.5. The van der Waals surface area contributed by atoms with Crippen LogP contribution in [0.5, 0.6) is 11.5 Å². The molecule has 144 valence electrons. The fraction of sp³-hybridized carbons (Fsp3) is 0.143. The third-order valence-electron chi connectivity index (χ3n) is 4.61. The number of hydrogen-bond acceptors (Lipinski definition) is 4. The van der Waals surface area contributed by atoms with Crippen molar-refractivity contribution >= 4 is 15.7 Å². The lowest BCUT2D eigenvalue weighted by Gasteiger charge is -2.31. The van der Waals surface area contributed by atoms with Crippen LogP contribution in [-0.2, 0) is 10.0 Å². The molecule has 0 amide bonds. The maximum absolute atomic E-state index is 13.5. The van der Waals surface area contributed by atoms with Crippen LogP contribution in [0, 0.1) is 5.82 Å². The first-order valence-electron chi connectivity index (χ1n) is 8.71. The molecule has 0 unspecified atom stereocenters. The summed E-state index contributed by atoms with van der Waals surface area (Å²) in [4.78, 5) is 0.168. The topological polar surface area (TPSA) is 55.8 Å². The molecular formula is C21H18FNO4S. The molecule has 1 aliphatic rings. The Morgan fingerprint density at radius 2 is 1.61 bits per heavy atom. The number of anilines is 1. The van der Waals surface area contributed by atoms with E-state index < -0.39 is 16.1 Å². The van der Waals surface area contributed by atoms with Gasteiger partial charge in [0.15, 0.2) is 11.5 Å². The highest BCUT2D eigenvalue weighted by Gasteiger charge is 2.31. The van der Waals surface area contributed by atoms with E-state index in [2.05, 4.69) is 0 Å². The highest BCUT2D eigenvalue weighted by atomic mass is 32.2. The average Bonchev–Trinajstić information content (AvgIpc) is 3.17. The number of fused-ring (bicyclic) bond motifs is 1. The van der Waals surface area contributed by atoms with Gasteiger partial charge in [0, 0.05) is 6.07 Å². The van der Waals surface area contributed by atoms with Crippen molar-refractivity contribution in [3.05, 3.63) is 84.2 Å². The Kier molecular flexibility index (Phi) is 4.68. The number of nitrogens with zero attached hydrogens (tertiary/aromatic N) is 1. The molecule has 0 N–H and O–H groups in total. The Hall–Kier alpha value is -3.06. The van der Waals surface area contributed by atoms with Crippen LogP contribution in [0.3, 0.4) is 0 Å². The molecule has 7 heteroatoms. The van der Waals surface area contributed by atoms with E-state index >= 15 is 0 Å². The van der Waals surface area contributed by atoms with E-state index in [0.717, 1.165) is 0 Å². The minimum atomic E-state index is -3.89. The lowest BCUT2D eigenvalue weighted by Crippen LogP contribution is -2.33. The van der Waals surface area contributed by atoms with Crippen molar-refractivity contribution in [1.29, 1.82) is 0 Å². The molecular weight excluding hydrogens is 381 g/mol. The quantitative estimate of drug-likeness (QED) is 0.633. The molecule has 1 atom stereocenters. The average molecular weight is 399 g/mol. The van der Waals surface area contributed by atoms with Gasteiger partial charge in [-0.3, -0.25) is 4.31 Å². The second-order valence-electron chi connectivity index (χ2n) is 6.38. The van der Waals surface area contributed by atoms with Gasteiger partial charge in [0.25, 0.3) is 10.0 Å². The van der Waals surface area contributed by atoms with Crippen molar-refractivity contribution in [2.24, 2.45) is 0 Å². The van der Waals surface area contributed by atoms with Gasteiger partial charge in [0.05, 0.1) is 16.6 Å². The zero-order valence-electron chi connectivity index (χ0n) is 15.1. The number of sulfonamides is 1. The highest BCUT2D eigenvalue weighted by Crippen LogP contribution is 2.40. The Balaban J connectivity index is 1.84. The monoisotopic (exact) mass is 399 g/mol. The van der Waals surface area contributed by atoms with E-state index in [0.29, 0.717) is 22.7 Å². The third kappa shape index (κ3) is 3.29. The number of hydrogen-bond donors (Lipinski definition) is 0. The Bertz CT molecular complexity index is 1090. The smallest absolute Gasteiger partial charge is 0.264 e. The fourth-order valence-electron chi connectivity index (χ4n) is 3.18. The highest BCUT2D eigenvalue weighted by molar-refractivity contribution is 7.92. The Morgan fingerprint density at radius 1 is 0.929 bits per heavy atom. The van der Waals surface area contributed by atoms with Crippen LogP contribution >= 0.6 is 0 Å². The van der Waals surface area contributed by atoms with E-state index in [-0.39, 0.29) is 17.5 Å². The minimum absolute atomic E-state index is 0.0950. The predicted molar refractivity (Wildman–Crippen MR) is 103 cm³/mol. The van der Waals surface area contributed by atoms with Gasteiger partial charge in [-0.25, -0.2) is 12.8 Å². The summed E-state index contributed by atoms with van der Waals surface area (Å²) in [6.45, 7) is 1.86. The summed E-state index contributed by atoms with van der Waals surface area (Å²) in [5.41, 5.74) is 1.10. The molecule has 0 spiro atoms. The van der Waals surface area contributed by atoms with Crippen LogP contribution in [-0.4, -0.2) is 15.2 Å². The van der Waals surface area contributed by atoms with Gasteiger partial charge >= 0.3 is 0 Å². The molecule has 1 aliphatic heterocycles. The molecule has 3 aromatic carbocycles. The van der Waals surface area contributed by atoms with Gasteiger partial charge in [-0.05, 0) is 48.9 Å². The van der Waals surface area contributed by atoms with Crippen LogP contribution in [0.2, 0.25) is 0 Å². The second kappa shape index (κ2) is 7.16. The van der Waals surface area contributed by atoms with Crippen molar-refractivity contribution in [2.45, 2.75) is 17.9 Å². The summed E-state index contributed by atoms with van der Waals surface area (Å²) >= 11 is 0. The third-order valence-corrected chi connectivity index (χ3v) is 6.53. The van der Waals surface area contributed by atoms with Gasteiger partial charge < -0.3 is 9.47 Å². The normalized spacial score (nSPS) is 13.9. The molecule has 0 saturated heterocycles. The standard InChI is InChI=1S/C21H18FNO4S/c1-15(16-7-9-17(22)10-8-16)23(28(24,25)19-5-3-2-4-6-19)18-11-12-20-21(13-18)27-14-26-20/h2-13,15H,14H2,1H3/t15-/m0/s1. The van der Waals surface area contributed by atoms with E-state index in [1.54, 1.807) is 67.6 Å². The molecule has 0 aromatic heterocycles. The van der Waals surface area contributed by atoms with Crippen molar-refractivity contribution in [2.75, 3.05) is 11.1 Å². The lowest BCUT2D eigenvalue weighted by molar-refractivity contribution is 0.174. The van der Waals surface area contributed by atoms with Crippen LogP contribution < -0.4 is 13.8 Å². The summed E-state index contributed by atoms with van der Waals surface area (Å²) in [7, 11) is -3.89. The van der Waals surface area contributed by atoms with Crippen LogP contribution in [0.4, 0.5) is 10.1 Å². The summed E-state index contributed by atoms with van der Waals surface area (Å²) in [5, 5.41) is 0. The molecule has 0 saturated carbocycles. The van der Waals surface area contributed by atoms with Crippen LogP contribution in [0.1, 0.15) is 18.5 Å². The van der Waals surface area contributed by atoms with E-state index in [1.807, 2.05) is 0 Å². The summed E-state index contributed by atoms with van der Waals surface area (Å²) in [5.74, 6) is 0.670. The Morgan fingerprint density at radius 3 is 2.32 bits per heavy atom. The molecule has 5 nitrogen and oxygen atoms in total. The zero-order valence-corrected chi connectivity index (χ0v) is 15.9. The molecule has 0 aliphatic carbocycles. The lowest BCUT2D eigenvalue weighted by atomic mass is 10.1. The summed E-state index contributed by atoms with van der Waals surface area (Å²) in [6.07, 6.45) is 0. The van der Waals surface area contributed by atoms with Crippen molar-refractivity contribution in [3.63, 3.8) is 0 Å². The molecule has 0 fully saturated rings. The molecule has 28 heavy (non-hydrogen) atoms. The summed E-state index contributed by atoms with van der Waals surface area (Å²) in [6, 6.07) is 18.4. The maximum Gasteiger partial charge on any atom is 0.264 e. The van der Waals surface area contributed by atoms with Crippen LogP contribution in [0.15, 0.2) is 77.7 Å². The molecule has 1 heterocycles. The first-order valence-corrected chi connectivity index (χ1v) is 10.2. The van der Waals surface area contributed by atoms with Gasteiger partial charge in [-0.1, -0.05) is 30.3 Å². The van der Waals surface area contributed by atoms with Crippen molar-refractivity contribution in [3.8, 4) is 11.5 Å². The number of rotatable bonds is 5. The first kappa shape index (κ1) is 18.3. The van der Waals surface area contributed by atoms with Gasteiger partial charge in [0.2, 0.25) is 6.79 Å². The summed E-state index contributed by atoms with van der Waals surface area (Å²) < 4.78 is 52.4. The van der Waals surface area contributed by atoms with Gasteiger partial charge in [0.1, 0.15) is 5.82 Å². The SMILES string of the molecule is C[C@@H](c1ccc(F)cc1)N(c1ccc2c(c1)OCO2)S(=O)(=O)c1ccccc1. The molecule has 4 rings (SSSR count). The van der Waals surface area contributed by atoms with E-state index in [4.69, 9.17) is 9.47 Å². The van der Waals surface area contributed by atoms with Crippen LogP contribution in [0.25, 0.3) is 0 Å². The number of ether oxygens (including phenoxy) is 2. The minimum Gasteiger partial charge on any atom is -0.454 e. The molecule has 0 radical (unpaired) electrons. The number of halogens is 1. The predicted octanol–water partition coefficient (Wildman–Crippen LogP) is 4.51. The zero-order chi connectivity index (χ0) is 19.7. The van der Waals surface area contributed by atoms with Crippen molar-refractivity contribution in [1.82, 2.24) is 0 Å². The molecule has 3 aromatic rings. The van der Waals surface area contributed by atoms with Crippen molar-refractivity contribution < 1.29 is 22.3 Å². The van der Waals surface area contributed by atoms with E-state index in [9.17, 15) is 12.8 Å². The second-order valence-corrected chi connectivity index (χ2v) is 8.19. The largest absolute Gasteiger partial charge is 0.454 e. The Labute approximate surface area is 163 Å². The molecule has 0 bridgehead atoms. The van der Waals surface area contributed by atoms with Gasteiger partial charge in [-0.15, -0.1) is 0 Å². The maximum atomic E-state index is 13.5. The van der Waals surface area contributed by atoms with Gasteiger partial charge in [-0.2, -0.15) is 0 Å². The number of benzene rings is 3. The van der Waals surface area contributed by atoms with E-state index in [1.165, 1.54) is 16.4 Å². The fourth-order valence-corrected chi connectivity index (χ4v) is 4.83.